The highest BCUT2D eigenvalue weighted by atomic mass is 16.4. The number of carbonyl (C=O) groups is 1. The molecule has 1 heterocycles. The summed E-state index contributed by atoms with van der Waals surface area (Å²) in [6.45, 7) is 1.74. The molecule has 0 saturated heterocycles. The molecule has 1 aromatic carbocycles. The fourth-order valence-corrected chi connectivity index (χ4v) is 1.80. The van der Waals surface area contributed by atoms with Crippen LogP contribution in [-0.2, 0) is 6.42 Å². The summed E-state index contributed by atoms with van der Waals surface area (Å²) in [5, 5.41) is 20.7. The molecule has 5 nitrogen and oxygen atoms in total. The monoisotopic (exact) mass is 267 g/mol. The third-order valence-electron chi connectivity index (χ3n) is 2.71. The van der Waals surface area contributed by atoms with Crippen molar-refractivity contribution in [2.45, 2.75) is 13.3 Å². The molecule has 2 rings (SSSR count). The molecule has 100 valence electrons. The third kappa shape index (κ3) is 3.33. The quantitative estimate of drug-likeness (QED) is 0.889. The van der Waals surface area contributed by atoms with E-state index in [1.807, 2.05) is 24.3 Å². The van der Waals surface area contributed by atoms with E-state index in [2.05, 4.69) is 16.4 Å². The molecular formula is C15H13N3O2. The van der Waals surface area contributed by atoms with Gasteiger partial charge in [-0.15, -0.1) is 0 Å². The fraction of sp³-hybridized carbons (Fsp3) is 0.133. The highest BCUT2D eigenvalue weighted by Crippen LogP contribution is 2.17. The molecule has 0 aliphatic carbocycles. The van der Waals surface area contributed by atoms with Gasteiger partial charge in [0.2, 0.25) is 0 Å². The van der Waals surface area contributed by atoms with E-state index in [-0.39, 0.29) is 5.56 Å². The van der Waals surface area contributed by atoms with Crippen LogP contribution in [-0.4, -0.2) is 16.1 Å². The smallest absolute Gasteiger partial charge is 0.335 e. The standard InChI is InChI=1S/C15H13N3O2/c1-10-8-12(15(19)20)9-14(17-10)18-13-4-2-11(3-5-13)6-7-16/h2-5,8-9H,6H2,1H3,(H,17,18)(H,19,20). The molecule has 0 spiro atoms. The molecular weight excluding hydrogens is 254 g/mol. The minimum atomic E-state index is -0.983. The molecule has 2 N–H and O–H groups in total. The summed E-state index contributed by atoms with van der Waals surface area (Å²) in [6, 6.07) is 12.4. The molecule has 20 heavy (non-hydrogen) atoms. The van der Waals surface area contributed by atoms with Gasteiger partial charge in [-0.3, -0.25) is 0 Å². The third-order valence-corrected chi connectivity index (χ3v) is 2.71. The molecule has 0 aliphatic rings. The summed E-state index contributed by atoms with van der Waals surface area (Å²) in [6.07, 6.45) is 0.367. The van der Waals surface area contributed by atoms with Crippen LogP contribution in [0.5, 0.6) is 0 Å². The number of aryl methyl sites for hydroxylation is 1. The Morgan fingerprint density at radius 1 is 1.35 bits per heavy atom. The van der Waals surface area contributed by atoms with Gasteiger partial charge in [0.25, 0.3) is 0 Å². The Bertz CT molecular complexity index is 673. The number of nitriles is 1. The minimum Gasteiger partial charge on any atom is -0.478 e. The Labute approximate surface area is 116 Å². The molecule has 0 saturated carbocycles. The van der Waals surface area contributed by atoms with Crippen molar-refractivity contribution in [1.29, 1.82) is 5.26 Å². The summed E-state index contributed by atoms with van der Waals surface area (Å²) in [7, 11) is 0. The van der Waals surface area contributed by atoms with E-state index in [1.165, 1.54) is 12.1 Å². The van der Waals surface area contributed by atoms with E-state index in [9.17, 15) is 4.79 Å². The molecule has 0 unspecified atom stereocenters. The first-order valence-electron chi connectivity index (χ1n) is 6.03. The van der Waals surface area contributed by atoms with Crippen molar-refractivity contribution in [2.75, 3.05) is 5.32 Å². The van der Waals surface area contributed by atoms with Crippen molar-refractivity contribution >= 4 is 17.5 Å². The summed E-state index contributed by atoms with van der Waals surface area (Å²) in [5.41, 5.74) is 2.55. The van der Waals surface area contributed by atoms with Crippen LogP contribution in [0.15, 0.2) is 36.4 Å². The first kappa shape index (κ1) is 13.6. The topological polar surface area (TPSA) is 86.0 Å². The number of hydrogen-bond donors (Lipinski definition) is 2. The highest BCUT2D eigenvalue weighted by molar-refractivity contribution is 5.88. The van der Waals surface area contributed by atoms with Gasteiger partial charge in [-0.25, -0.2) is 9.78 Å². The molecule has 0 amide bonds. The number of pyridine rings is 1. The molecule has 2 aromatic rings. The minimum absolute atomic E-state index is 0.195. The summed E-state index contributed by atoms with van der Waals surface area (Å²) < 4.78 is 0. The van der Waals surface area contributed by atoms with Crippen molar-refractivity contribution in [3.8, 4) is 6.07 Å². The average molecular weight is 267 g/mol. The van der Waals surface area contributed by atoms with E-state index in [1.54, 1.807) is 6.92 Å². The Morgan fingerprint density at radius 2 is 2.05 bits per heavy atom. The number of hydrogen-bond acceptors (Lipinski definition) is 4. The number of aromatic nitrogens is 1. The summed E-state index contributed by atoms with van der Waals surface area (Å²) in [4.78, 5) is 15.2. The number of anilines is 2. The maximum atomic E-state index is 11.0. The van der Waals surface area contributed by atoms with Gasteiger partial charge < -0.3 is 10.4 Å². The molecule has 0 aliphatic heterocycles. The number of carboxylic acid groups (broad SMARTS) is 1. The lowest BCUT2D eigenvalue weighted by atomic mass is 10.1. The summed E-state index contributed by atoms with van der Waals surface area (Å²) >= 11 is 0. The maximum absolute atomic E-state index is 11.0. The first-order valence-corrected chi connectivity index (χ1v) is 6.03. The summed E-state index contributed by atoms with van der Waals surface area (Å²) in [5.74, 6) is -0.502. The van der Waals surface area contributed by atoms with E-state index >= 15 is 0 Å². The van der Waals surface area contributed by atoms with Gasteiger partial charge in [0, 0.05) is 11.4 Å². The van der Waals surface area contributed by atoms with Crippen LogP contribution < -0.4 is 5.32 Å². The van der Waals surface area contributed by atoms with Gasteiger partial charge in [0.15, 0.2) is 0 Å². The first-order chi connectivity index (χ1) is 9.58. The van der Waals surface area contributed by atoms with Crippen LogP contribution in [0.2, 0.25) is 0 Å². The average Bonchev–Trinajstić information content (AvgIpc) is 2.40. The zero-order valence-corrected chi connectivity index (χ0v) is 10.9. The predicted molar refractivity (Wildman–Crippen MR) is 75.0 cm³/mol. The van der Waals surface area contributed by atoms with Crippen LogP contribution >= 0.6 is 0 Å². The Balaban J connectivity index is 2.21. The highest BCUT2D eigenvalue weighted by Gasteiger charge is 2.06. The number of rotatable bonds is 4. The van der Waals surface area contributed by atoms with Crippen molar-refractivity contribution in [2.24, 2.45) is 0 Å². The van der Waals surface area contributed by atoms with Crippen LogP contribution in [0.4, 0.5) is 11.5 Å². The second-order valence-corrected chi connectivity index (χ2v) is 4.34. The van der Waals surface area contributed by atoms with Crippen LogP contribution in [0.25, 0.3) is 0 Å². The normalized spacial score (nSPS) is 9.80. The number of aromatic carboxylic acids is 1. The number of benzene rings is 1. The molecule has 0 bridgehead atoms. The zero-order chi connectivity index (χ0) is 14.5. The van der Waals surface area contributed by atoms with Crippen LogP contribution in [0.1, 0.15) is 21.6 Å². The second-order valence-electron chi connectivity index (χ2n) is 4.34. The number of carboxylic acids is 1. The lowest BCUT2D eigenvalue weighted by Gasteiger charge is -2.08. The van der Waals surface area contributed by atoms with E-state index < -0.39 is 5.97 Å². The van der Waals surface area contributed by atoms with Gasteiger partial charge >= 0.3 is 5.97 Å². The van der Waals surface area contributed by atoms with Crippen molar-refractivity contribution in [3.05, 3.63) is 53.2 Å². The van der Waals surface area contributed by atoms with Gasteiger partial charge in [-0.05, 0) is 36.8 Å². The molecule has 1 aromatic heterocycles. The van der Waals surface area contributed by atoms with Gasteiger partial charge in [0.1, 0.15) is 5.82 Å². The Morgan fingerprint density at radius 3 is 2.65 bits per heavy atom. The lowest BCUT2D eigenvalue weighted by molar-refractivity contribution is 0.0696. The van der Waals surface area contributed by atoms with E-state index in [4.69, 9.17) is 10.4 Å². The second kappa shape index (κ2) is 5.85. The molecule has 0 fully saturated rings. The van der Waals surface area contributed by atoms with Gasteiger partial charge in [-0.1, -0.05) is 12.1 Å². The molecule has 0 radical (unpaired) electrons. The fourth-order valence-electron chi connectivity index (χ4n) is 1.80. The molecule has 0 atom stereocenters. The maximum Gasteiger partial charge on any atom is 0.335 e. The van der Waals surface area contributed by atoms with Crippen LogP contribution in [0, 0.1) is 18.3 Å². The lowest BCUT2D eigenvalue weighted by Crippen LogP contribution is -2.02. The SMILES string of the molecule is Cc1cc(C(=O)O)cc(Nc2ccc(CC#N)cc2)n1. The number of nitrogens with one attached hydrogen (secondary N) is 1. The van der Waals surface area contributed by atoms with Crippen molar-refractivity contribution in [1.82, 2.24) is 4.98 Å². The van der Waals surface area contributed by atoms with Crippen molar-refractivity contribution < 1.29 is 9.90 Å². The Kier molecular flexibility index (Phi) is 3.96. The van der Waals surface area contributed by atoms with Gasteiger partial charge in [0.05, 0.1) is 18.1 Å². The molecule has 5 heteroatoms. The zero-order valence-electron chi connectivity index (χ0n) is 10.9. The van der Waals surface area contributed by atoms with E-state index in [0.29, 0.717) is 17.9 Å². The Hall–Kier alpha value is -2.87. The predicted octanol–water partition coefficient (Wildman–Crippen LogP) is 2.90. The number of nitrogens with zero attached hydrogens (tertiary/aromatic N) is 2. The van der Waals surface area contributed by atoms with Gasteiger partial charge in [-0.2, -0.15) is 5.26 Å². The van der Waals surface area contributed by atoms with E-state index in [0.717, 1.165) is 11.3 Å². The van der Waals surface area contributed by atoms with Crippen LogP contribution in [0.3, 0.4) is 0 Å². The largest absolute Gasteiger partial charge is 0.478 e. The van der Waals surface area contributed by atoms with Crippen molar-refractivity contribution in [3.63, 3.8) is 0 Å².